The van der Waals surface area contributed by atoms with Crippen molar-refractivity contribution in [2.75, 3.05) is 44.2 Å². The van der Waals surface area contributed by atoms with Crippen LogP contribution in [0, 0.1) is 6.92 Å². The molecular weight excluding hydrogens is 362 g/mol. The number of pyridine rings is 1. The number of aryl methyl sites for hydroxylation is 1. The molecule has 2 amide bonds. The van der Waals surface area contributed by atoms with Gasteiger partial charge in [0.05, 0.1) is 0 Å². The van der Waals surface area contributed by atoms with Crippen molar-refractivity contribution in [1.29, 1.82) is 0 Å². The third kappa shape index (κ3) is 5.26. The Morgan fingerprint density at radius 2 is 1.79 bits per heavy atom. The second kappa shape index (κ2) is 9.27. The molecule has 3 heterocycles. The van der Waals surface area contributed by atoms with Crippen LogP contribution in [0.15, 0.2) is 42.6 Å². The van der Waals surface area contributed by atoms with Crippen molar-refractivity contribution in [3.63, 3.8) is 0 Å². The topological polar surface area (TPSA) is 51.7 Å². The molecule has 4 rings (SSSR count). The first kappa shape index (κ1) is 19.7. The van der Waals surface area contributed by atoms with Gasteiger partial charge in [-0.05, 0) is 37.0 Å². The fraction of sp³-hybridized carbons (Fsp3) is 0.478. The van der Waals surface area contributed by atoms with E-state index in [2.05, 4.69) is 63.4 Å². The van der Waals surface area contributed by atoms with E-state index in [0.29, 0.717) is 6.54 Å². The molecule has 0 spiro atoms. The molecule has 2 saturated heterocycles. The summed E-state index contributed by atoms with van der Waals surface area (Å²) in [6.07, 6.45) is 4.38. The molecule has 0 radical (unpaired) electrons. The zero-order valence-electron chi connectivity index (χ0n) is 17.3. The number of carbonyl (C=O) groups excluding carboxylic acids is 1. The molecule has 6 heteroatoms. The SMILES string of the molecule is Cc1cccc(CN2CCN(C(=O)NCc3ccc(N4CCCC4)nc3)CC2)c1. The molecule has 1 N–H and O–H groups in total. The van der Waals surface area contributed by atoms with Crippen LogP contribution >= 0.6 is 0 Å². The van der Waals surface area contributed by atoms with Gasteiger partial charge in [-0.1, -0.05) is 35.9 Å². The maximum absolute atomic E-state index is 12.5. The highest BCUT2D eigenvalue weighted by atomic mass is 16.2. The summed E-state index contributed by atoms with van der Waals surface area (Å²) in [7, 11) is 0. The Labute approximate surface area is 173 Å². The van der Waals surface area contributed by atoms with Crippen molar-refractivity contribution in [3.05, 3.63) is 59.3 Å². The van der Waals surface area contributed by atoms with Gasteiger partial charge >= 0.3 is 6.03 Å². The number of nitrogens with one attached hydrogen (secondary N) is 1. The molecule has 6 nitrogen and oxygen atoms in total. The minimum absolute atomic E-state index is 0.0174. The summed E-state index contributed by atoms with van der Waals surface area (Å²) in [4.78, 5) is 23.7. The van der Waals surface area contributed by atoms with Gasteiger partial charge in [-0.15, -0.1) is 0 Å². The highest BCUT2D eigenvalue weighted by Crippen LogP contribution is 2.17. The van der Waals surface area contributed by atoms with Gasteiger partial charge < -0.3 is 15.1 Å². The second-order valence-electron chi connectivity index (χ2n) is 8.13. The van der Waals surface area contributed by atoms with Gasteiger partial charge in [0, 0.05) is 58.6 Å². The fourth-order valence-corrected chi connectivity index (χ4v) is 4.12. The number of rotatable bonds is 5. The van der Waals surface area contributed by atoms with E-state index in [1.165, 1.54) is 24.0 Å². The Morgan fingerprint density at radius 1 is 1.00 bits per heavy atom. The summed E-state index contributed by atoms with van der Waals surface area (Å²) in [5.74, 6) is 1.04. The van der Waals surface area contributed by atoms with Crippen molar-refractivity contribution < 1.29 is 4.79 Å². The molecule has 2 fully saturated rings. The van der Waals surface area contributed by atoms with Crippen molar-refractivity contribution in [2.24, 2.45) is 0 Å². The lowest BCUT2D eigenvalue weighted by Gasteiger charge is -2.34. The molecule has 29 heavy (non-hydrogen) atoms. The summed E-state index contributed by atoms with van der Waals surface area (Å²) >= 11 is 0. The van der Waals surface area contributed by atoms with Crippen LogP contribution in [0.3, 0.4) is 0 Å². The maximum atomic E-state index is 12.5. The first-order valence-electron chi connectivity index (χ1n) is 10.7. The number of amides is 2. The average Bonchev–Trinajstić information content (AvgIpc) is 3.28. The van der Waals surface area contributed by atoms with E-state index in [1.54, 1.807) is 0 Å². The predicted octanol–water partition coefficient (Wildman–Crippen LogP) is 3.02. The summed E-state index contributed by atoms with van der Waals surface area (Å²) in [5, 5.41) is 3.04. The van der Waals surface area contributed by atoms with Crippen LogP contribution in [0.4, 0.5) is 10.6 Å². The molecule has 0 atom stereocenters. The molecule has 2 aromatic rings. The van der Waals surface area contributed by atoms with E-state index in [9.17, 15) is 4.79 Å². The number of carbonyl (C=O) groups is 1. The van der Waals surface area contributed by atoms with Gasteiger partial charge in [-0.3, -0.25) is 4.90 Å². The number of urea groups is 1. The highest BCUT2D eigenvalue weighted by molar-refractivity contribution is 5.74. The Balaban J connectivity index is 1.20. The maximum Gasteiger partial charge on any atom is 0.317 e. The van der Waals surface area contributed by atoms with Crippen LogP contribution in [0.5, 0.6) is 0 Å². The number of nitrogens with zero attached hydrogens (tertiary/aromatic N) is 4. The number of anilines is 1. The van der Waals surface area contributed by atoms with Crippen molar-refractivity contribution in [3.8, 4) is 0 Å². The minimum Gasteiger partial charge on any atom is -0.357 e. The summed E-state index contributed by atoms with van der Waals surface area (Å²) < 4.78 is 0. The first-order valence-corrected chi connectivity index (χ1v) is 10.7. The third-order valence-electron chi connectivity index (χ3n) is 5.83. The number of hydrogen-bond acceptors (Lipinski definition) is 4. The quantitative estimate of drug-likeness (QED) is 0.848. The molecule has 1 aromatic carbocycles. The van der Waals surface area contributed by atoms with E-state index in [4.69, 9.17) is 0 Å². The summed E-state index contributed by atoms with van der Waals surface area (Å²) in [6, 6.07) is 12.8. The fourth-order valence-electron chi connectivity index (χ4n) is 4.12. The van der Waals surface area contributed by atoms with Gasteiger partial charge in [0.2, 0.25) is 0 Å². The summed E-state index contributed by atoms with van der Waals surface area (Å²) in [6.45, 7) is 9.15. The van der Waals surface area contributed by atoms with Gasteiger partial charge in [-0.2, -0.15) is 0 Å². The molecule has 0 saturated carbocycles. The standard InChI is InChI=1S/C23H31N5O/c1-19-5-4-6-20(15-19)18-26-11-13-28(14-12-26)23(29)25-17-21-7-8-22(24-16-21)27-9-2-3-10-27/h4-8,15-16H,2-3,9-14,17-18H2,1H3,(H,25,29). The molecule has 0 bridgehead atoms. The average molecular weight is 394 g/mol. The smallest absolute Gasteiger partial charge is 0.317 e. The normalized spacial score (nSPS) is 17.6. The van der Waals surface area contributed by atoms with Gasteiger partial charge in [0.1, 0.15) is 5.82 Å². The van der Waals surface area contributed by atoms with Crippen molar-refractivity contribution in [1.82, 2.24) is 20.1 Å². The zero-order chi connectivity index (χ0) is 20.1. The number of piperazine rings is 1. The number of hydrogen-bond donors (Lipinski definition) is 1. The molecular formula is C23H31N5O. The lowest BCUT2D eigenvalue weighted by atomic mass is 10.1. The lowest BCUT2D eigenvalue weighted by molar-refractivity contribution is 0.135. The van der Waals surface area contributed by atoms with E-state index in [0.717, 1.165) is 57.2 Å². The molecule has 2 aliphatic heterocycles. The Hall–Kier alpha value is -2.60. The van der Waals surface area contributed by atoms with Gasteiger partial charge in [-0.25, -0.2) is 9.78 Å². The Bertz CT molecular complexity index is 808. The van der Waals surface area contributed by atoms with Gasteiger partial charge in [0.15, 0.2) is 0 Å². The molecule has 154 valence electrons. The number of benzene rings is 1. The third-order valence-corrected chi connectivity index (χ3v) is 5.83. The van der Waals surface area contributed by atoms with Crippen LogP contribution in [-0.2, 0) is 13.1 Å². The molecule has 1 aromatic heterocycles. The second-order valence-corrected chi connectivity index (χ2v) is 8.13. The van der Waals surface area contributed by atoms with Crippen LogP contribution in [0.25, 0.3) is 0 Å². The highest BCUT2D eigenvalue weighted by Gasteiger charge is 2.21. The number of aromatic nitrogens is 1. The van der Waals surface area contributed by atoms with E-state index in [-0.39, 0.29) is 6.03 Å². The monoisotopic (exact) mass is 393 g/mol. The Morgan fingerprint density at radius 3 is 2.48 bits per heavy atom. The van der Waals surface area contributed by atoms with Crippen LogP contribution in [0.1, 0.15) is 29.5 Å². The predicted molar refractivity (Wildman–Crippen MR) is 116 cm³/mol. The molecule has 2 aliphatic rings. The van der Waals surface area contributed by atoms with Crippen LogP contribution in [0.2, 0.25) is 0 Å². The largest absolute Gasteiger partial charge is 0.357 e. The molecule has 0 aliphatic carbocycles. The van der Waals surface area contributed by atoms with Crippen molar-refractivity contribution in [2.45, 2.75) is 32.9 Å². The lowest BCUT2D eigenvalue weighted by Crippen LogP contribution is -2.51. The van der Waals surface area contributed by atoms with E-state index < -0.39 is 0 Å². The summed E-state index contributed by atoms with van der Waals surface area (Å²) in [5.41, 5.74) is 3.68. The van der Waals surface area contributed by atoms with E-state index in [1.807, 2.05) is 11.1 Å². The van der Waals surface area contributed by atoms with Gasteiger partial charge in [0.25, 0.3) is 0 Å². The Kier molecular flexibility index (Phi) is 6.30. The first-order chi connectivity index (χ1) is 14.2. The molecule has 0 unspecified atom stereocenters. The zero-order valence-corrected chi connectivity index (χ0v) is 17.3. The minimum atomic E-state index is 0.0174. The van der Waals surface area contributed by atoms with Crippen LogP contribution in [-0.4, -0.2) is 60.1 Å². The van der Waals surface area contributed by atoms with Crippen molar-refractivity contribution >= 4 is 11.8 Å². The van der Waals surface area contributed by atoms with E-state index >= 15 is 0 Å². The van der Waals surface area contributed by atoms with Crippen LogP contribution < -0.4 is 10.2 Å².